The van der Waals surface area contributed by atoms with Crippen LogP contribution < -0.4 is 10.6 Å². The highest BCUT2D eigenvalue weighted by Gasteiger charge is 2.32. The van der Waals surface area contributed by atoms with Gasteiger partial charge in [-0.15, -0.1) is 0 Å². The molecule has 0 aliphatic carbocycles. The Morgan fingerprint density at radius 2 is 2.25 bits per heavy atom. The minimum Gasteiger partial charge on any atom is -0.358 e. The number of carbonyl (C=O) groups excluding carboxylic acids is 1. The molecule has 2 rings (SSSR count). The summed E-state index contributed by atoms with van der Waals surface area (Å²) in [6.07, 6.45) is 0. The number of halogens is 2. The molecule has 20 heavy (non-hydrogen) atoms. The monoisotopic (exact) mass is 315 g/mol. The van der Waals surface area contributed by atoms with E-state index in [-0.39, 0.29) is 18.0 Å². The predicted octanol–water partition coefficient (Wildman–Crippen LogP) is 2.07. The fourth-order valence-corrected chi connectivity index (χ4v) is 3.18. The third kappa shape index (κ3) is 3.26. The summed E-state index contributed by atoms with van der Waals surface area (Å²) >= 11 is 12.2. The molecule has 2 atom stereocenters. The number of amides is 1. The van der Waals surface area contributed by atoms with Crippen molar-refractivity contribution >= 4 is 29.1 Å². The second-order valence-electron chi connectivity index (χ2n) is 4.91. The van der Waals surface area contributed by atoms with E-state index in [2.05, 4.69) is 22.5 Å². The van der Waals surface area contributed by atoms with E-state index in [1.54, 1.807) is 13.1 Å². The second kappa shape index (κ2) is 6.76. The van der Waals surface area contributed by atoms with E-state index in [4.69, 9.17) is 23.2 Å². The van der Waals surface area contributed by atoms with E-state index >= 15 is 0 Å². The summed E-state index contributed by atoms with van der Waals surface area (Å²) in [6, 6.07) is 5.38. The second-order valence-corrected chi connectivity index (χ2v) is 5.76. The van der Waals surface area contributed by atoms with Crippen LogP contribution in [0.1, 0.15) is 18.5 Å². The molecule has 0 aromatic heterocycles. The van der Waals surface area contributed by atoms with Gasteiger partial charge in [0.05, 0.1) is 0 Å². The summed E-state index contributed by atoms with van der Waals surface area (Å²) in [4.78, 5) is 14.2. The Bertz CT molecular complexity index is 495. The molecule has 6 heteroatoms. The maximum absolute atomic E-state index is 12.0. The van der Waals surface area contributed by atoms with Crippen molar-refractivity contribution in [1.82, 2.24) is 15.5 Å². The highest BCUT2D eigenvalue weighted by Crippen LogP contribution is 2.31. The third-order valence-electron chi connectivity index (χ3n) is 3.74. The zero-order valence-corrected chi connectivity index (χ0v) is 13.1. The lowest BCUT2D eigenvalue weighted by Gasteiger charge is -2.39. The van der Waals surface area contributed by atoms with E-state index in [1.165, 1.54) is 0 Å². The Hall–Kier alpha value is -0.810. The van der Waals surface area contributed by atoms with Crippen LogP contribution in [0.5, 0.6) is 0 Å². The summed E-state index contributed by atoms with van der Waals surface area (Å²) in [6.45, 7) is 4.38. The molecule has 0 saturated carbocycles. The maximum Gasteiger partial charge on any atom is 0.238 e. The Kier molecular flexibility index (Phi) is 5.27. The summed E-state index contributed by atoms with van der Waals surface area (Å²) in [5, 5.41) is 7.23. The molecule has 110 valence electrons. The molecule has 0 radical (unpaired) electrons. The first-order chi connectivity index (χ1) is 9.54. The summed E-state index contributed by atoms with van der Waals surface area (Å²) < 4.78 is 0. The number of piperazine rings is 1. The number of hydrogen-bond acceptors (Lipinski definition) is 3. The van der Waals surface area contributed by atoms with E-state index in [0.717, 1.165) is 18.7 Å². The highest BCUT2D eigenvalue weighted by atomic mass is 35.5. The SMILES string of the molecule is CNC(=O)C1CNCCN1C(C)c1ccc(Cl)cc1Cl. The van der Waals surface area contributed by atoms with Gasteiger partial charge in [-0.3, -0.25) is 9.69 Å². The molecule has 0 spiro atoms. The number of nitrogens with one attached hydrogen (secondary N) is 2. The standard InChI is InChI=1S/C14H19Cl2N3O/c1-9(11-4-3-10(15)7-12(11)16)19-6-5-18-8-13(19)14(20)17-2/h3-4,7,9,13,18H,5-6,8H2,1-2H3,(H,17,20). The van der Waals surface area contributed by atoms with Crippen molar-refractivity contribution < 1.29 is 4.79 Å². The molecule has 2 N–H and O–H groups in total. The number of rotatable bonds is 3. The lowest BCUT2D eigenvalue weighted by molar-refractivity contribution is -0.127. The van der Waals surface area contributed by atoms with Gasteiger partial charge in [0, 0.05) is 42.8 Å². The van der Waals surface area contributed by atoms with Crippen LogP contribution in [-0.2, 0) is 4.79 Å². The van der Waals surface area contributed by atoms with Crippen LogP contribution in [0.4, 0.5) is 0 Å². The van der Waals surface area contributed by atoms with E-state index in [1.807, 2.05) is 12.1 Å². The van der Waals surface area contributed by atoms with Gasteiger partial charge in [0.25, 0.3) is 0 Å². The van der Waals surface area contributed by atoms with Crippen LogP contribution in [0.2, 0.25) is 10.0 Å². The number of hydrogen-bond donors (Lipinski definition) is 2. The average Bonchev–Trinajstić information content (AvgIpc) is 2.46. The van der Waals surface area contributed by atoms with Gasteiger partial charge in [-0.25, -0.2) is 0 Å². The smallest absolute Gasteiger partial charge is 0.238 e. The van der Waals surface area contributed by atoms with Gasteiger partial charge in [-0.2, -0.15) is 0 Å². The molecule has 1 aromatic rings. The molecule has 1 aliphatic rings. The molecule has 1 fully saturated rings. The molecule has 1 saturated heterocycles. The molecule has 0 bridgehead atoms. The summed E-state index contributed by atoms with van der Waals surface area (Å²) in [7, 11) is 1.66. The summed E-state index contributed by atoms with van der Waals surface area (Å²) in [5.74, 6) is 0.0223. The lowest BCUT2D eigenvalue weighted by atomic mass is 10.0. The van der Waals surface area contributed by atoms with Crippen LogP contribution in [0, 0.1) is 0 Å². The molecular formula is C14H19Cl2N3O. The van der Waals surface area contributed by atoms with Crippen molar-refractivity contribution in [3.8, 4) is 0 Å². The van der Waals surface area contributed by atoms with Crippen LogP contribution in [0.15, 0.2) is 18.2 Å². The Morgan fingerprint density at radius 3 is 2.90 bits per heavy atom. The number of nitrogens with zero attached hydrogens (tertiary/aromatic N) is 1. The number of carbonyl (C=O) groups is 1. The largest absolute Gasteiger partial charge is 0.358 e. The van der Waals surface area contributed by atoms with E-state index in [9.17, 15) is 4.79 Å². The van der Waals surface area contributed by atoms with Crippen molar-refractivity contribution in [2.45, 2.75) is 19.0 Å². The van der Waals surface area contributed by atoms with Gasteiger partial charge in [-0.1, -0.05) is 29.3 Å². The van der Waals surface area contributed by atoms with Crippen LogP contribution in [0.3, 0.4) is 0 Å². The molecule has 1 heterocycles. The van der Waals surface area contributed by atoms with Crippen molar-refractivity contribution in [3.05, 3.63) is 33.8 Å². The minimum absolute atomic E-state index is 0.0223. The molecule has 1 aliphatic heterocycles. The van der Waals surface area contributed by atoms with Crippen LogP contribution in [0.25, 0.3) is 0 Å². The van der Waals surface area contributed by atoms with Gasteiger partial charge in [0.2, 0.25) is 5.91 Å². The van der Waals surface area contributed by atoms with Crippen molar-refractivity contribution in [1.29, 1.82) is 0 Å². The maximum atomic E-state index is 12.0. The van der Waals surface area contributed by atoms with Crippen LogP contribution in [-0.4, -0.2) is 43.5 Å². The zero-order valence-electron chi connectivity index (χ0n) is 11.6. The fourth-order valence-electron chi connectivity index (χ4n) is 2.61. The normalized spacial score (nSPS) is 21.5. The topological polar surface area (TPSA) is 44.4 Å². The Labute approximate surface area is 129 Å². The van der Waals surface area contributed by atoms with Crippen LogP contribution >= 0.6 is 23.2 Å². The van der Waals surface area contributed by atoms with Crippen molar-refractivity contribution in [3.63, 3.8) is 0 Å². The Balaban J connectivity index is 2.25. The predicted molar refractivity (Wildman–Crippen MR) is 82.3 cm³/mol. The first-order valence-electron chi connectivity index (χ1n) is 6.67. The van der Waals surface area contributed by atoms with Gasteiger partial charge in [0.1, 0.15) is 6.04 Å². The first kappa shape index (κ1) is 15.6. The van der Waals surface area contributed by atoms with E-state index < -0.39 is 0 Å². The van der Waals surface area contributed by atoms with Gasteiger partial charge in [0.15, 0.2) is 0 Å². The lowest BCUT2D eigenvalue weighted by Crippen LogP contribution is -2.57. The highest BCUT2D eigenvalue weighted by molar-refractivity contribution is 6.35. The molecule has 1 aromatic carbocycles. The zero-order chi connectivity index (χ0) is 14.7. The van der Waals surface area contributed by atoms with Gasteiger partial charge >= 0.3 is 0 Å². The molecule has 2 unspecified atom stereocenters. The molecule has 1 amide bonds. The number of benzene rings is 1. The number of likely N-dealkylation sites (N-methyl/N-ethyl adjacent to an activating group) is 1. The van der Waals surface area contributed by atoms with Gasteiger partial charge in [-0.05, 0) is 24.6 Å². The first-order valence-corrected chi connectivity index (χ1v) is 7.43. The average molecular weight is 316 g/mol. The fraction of sp³-hybridized carbons (Fsp3) is 0.500. The quantitative estimate of drug-likeness (QED) is 0.897. The molecular weight excluding hydrogens is 297 g/mol. The van der Waals surface area contributed by atoms with E-state index in [0.29, 0.717) is 16.6 Å². The van der Waals surface area contributed by atoms with Crippen molar-refractivity contribution in [2.24, 2.45) is 0 Å². The Morgan fingerprint density at radius 1 is 1.50 bits per heavy atom. The summed E-state index contributed by atoms with van der Waals surface area (Å²) in [5.41, 5.74) is 0.992. The van der Waals surface area contributed by atoms with Crippen molar-refractivity contribution in [2.75, 3.05) is 26.7 Å². The third-order valence-corrected chi connectivity index (χ3v) is 4.31. The van der Waals surface area contributed by atoms with Gasteiger partial charge < -0.3 is 10.6 Å². The minimum atomic E-state index is -0.185. The molecule has 4 nitrogen and oxygen atoms in total.